The molecular formula is C23H27ClN2O5S. The first-order valence-corrected chi connectivity index (χ1v) is 12.6. The molecule has 1 heterocycles. The Morgan fingerprint density at radius 3 is 2.38 bits per heavy atom. The fraction of sp³-hybridized carbons (Fsp3) is 0.391. The van der Waals surface area contributed by atoms with Crippen molar-refractivity contribution in [2.24, 2.45) is 0 Å². The molecule has 1 aliphatic rings. The second-order valence-corrected chi connectivity index (χ2v) is 10.5. The zero-order chi connectivity index (χ0) is 23.3. The number of rotatable bonds is 8. The summed E-state index contributed by atoms with van der Waals surface area (Å²) in [6.45, 7) is 3.99. The number of carbonyl (C=O) groups is 2. The highest BCUT2D eigenvalue weighted by Gasteiger charge is 2.39. The van der Waals surface area contributed by atoms with Gasteiger partial charge in [0, 0.05) is 23.2 Å². The molecule has 0 saturated carbocycles. The Morgan fingerprint density at radius 1 is 1.16 bits per heavy atom. The maximum atomic E-state index is 13.5. The fourth-order valence-corrected chi connectivity index (χ4v) is 5.60. The number of alkyl carbamates (subject to hydrolysis) is 1. The highest BCUT2D eigenvalue weighted by Crippen LogP contribution is 2.24. The number of carbonyl (C=O) groups excluding carboxylic acids is 2. The molecule has 172 valence electrons. The number of Topliss-reactive ketones (excluding diaryl/α,β-unsaturated/α-hetero) is 1. The van der Waals surface area contributed by atoms with Crippen LogP contribution in [0.15, 0.2) is 48.5 Å². The molecule has 2 aromatic carbocycles. The summed E-state index contributed by atoms with van der Waals surface area (Å²) in [6, 6.07) is 13.7. The molecule has 9 heteroatoms. The summed E-state index contributed by atoms with van der Waals surface area (Å²) in [5.74, 6) is -0.376. The van der Waals surface area contributed by atoms with Gasteiger partial charge in [0.2, 0.25) is 0 Å². The van der Waals surface area contributed by atoms with E-state index in [0.717, 1.165) is 11.1 Å². The Labute approximate surface area is 193 Å². The number of nitrogens with zero attached hydrogens (tertiary/aromatic N) is 1. The lowest BCUT2D eigenvalue weighted by atomic mass is 10.0. The van der Waals surface area contributed by atoms with Crippen LogP contribution in [0.5, 0.6) is 0 Å². The van der Waals surface area contributed by atoms with Gasteiger partial charge in [-0.25, -0.2) is 13.2 Å². The third kappa shape index (κ3) is 6.31. The maximum absolute atomic E-state index is 13.5. The molecule has 0 aliphatic carbocycles. The van der Waals surface area contributed by atoms with Crippen molar-refractivity contribution in [3.05, 3.63) is 70.2 Å². The van der Waals surface area contributed by atoms with E-state index in [1.807, 2.05) is 31.2 Å². The van der Waals surface area contributed by atoms with E-state index < -0.39 is 28.1 Å². The number of hydrogen-bond acceptors (Lipinski definition) is 6. The average Bonchev–Trinajstić information content (AvgIpc) is 3.11. The van der Waals surface area contributed by atoms with Crippen LogP contribution in [0.4, 0.5) is 4.79 Å². The Hall–Kier alpha value is -2.42. The monoisotopic (exact) mass is 478 g/mol. The smallest absolute Gasteiger partial charge is 0.408 e. The third-order valence-electron chi connectivity index (χ3n) is 5.40. The minimum Gasteiger partial charge on any atom is -0.450 e. The van der Waals surface area contributed by atoms with Crippen LogP contribution in [0.3, 0.4) is 0 Å². The van der Waals surface area contributed by atoms with Gasteiger partial charge in [0.1, 0.15) is 0 Å². The first kappa shape index (κ1) is 24.2. The molecule has 1 saturated heterocycles. The summed E-state index contributed by atoms with van der Waals surface area (Å²) in [6.07, 6.45) is -1.45. The SMILES string of the molecule is CCOC(=O)N[C@@H](C(=O)c1ccc(C)cc1)N(Cc1ccc(Cl)cc1)[C@H]1CCS(=O)(=O)C1. The Bertz CT molecular complexity index is 1050. The van der Waals surface area contributed by atoms with Gasteiger partial charge in [-0.05, 0) is 38.0 Å². The van der Waals surface area contributed by atoms with Crippen LogP contribution >= 0.6 is 11.6 Å². The lowest BCUT2D eigenvalue weighted by Crippen LogP contribution is -2.56. The molecule has 2 atom stereocenters. The van der Waals surface area contributed by atoms with Gasteiger partial charge in [-0.15, -0.1) is 0 Å². The zero-order valence-electron chi connectivity index (χ0n) is 18.1. The average molecular weight is 479 g/mol. The first-order valence-electron chi connectivity index (χ1n) is 10.4. The molecule has 0 unspecified atom stereocenters. The number of aryl methyl sites for hydroxylation is 1. The van der Waals surface area contributed by atoms with Crippen LogP contribution in [0, 0.1) is 6.92 Å². The molecule has 32 heavy (non-hydrogen) atoms. The summed E-state index contributed by atoms with van der Waals surface area (Å²) in [5, 5.41) is 3.23. The number of amides is 1. The molecular weight excluding hydrogens is 452 g/mol. The summed E-state index contributed by atoms with van der Waals surface area (Å²) in [4.78, 5) is 27.6. The highest BCUT2D eigenvalue weighted by atomic mass is 35.5. The van der Waals surface area contributed by atoms with Crippen molar-refractivity contribution in [3.63, 3.8) is 0 Å². The van der Waals surface area contributed by atoms with Crippen molar-refractivity contribution in [1.82, 2.24) is 10.2 Å². The van der Waals surface area contributed by atoms with Crippen molar-refractivity contribution in [2.75, 3.05) is 18.1 Å². The number of benzene rings is 2. The third-order valence-corrected chi connectivity index (χ3v) is 7.40. The molecule has 1 N–H and O–H groups in total. The van der Waals surface area contributed by atoms with Gasteiger partial charge in [-0.2, -0.15) is 0 Å². The van der Waals surface area contributed by atoms with E-state index in [0.29, 0.717) is 17.0 Å². The molecule has 0 spiro atoms. The van der Waals surface area contributed by atoms with Crippen molar-refractivity contribution in [1.29, 1.82) is 0 Å². The van der Waals surface area contributed by atoms with Gasteiger partial charge in [0.05, 0.1) is 18.1 Å². The van der Waals surface area contributed by atoms with Gasteiger partial charge >= 0.3 is 6.09 Å². The number of nitrogens with one attached hydrogen (secondary N) is 1. The Balaban J connectivity index is 1.99. The van der Waals surface area contributed by atoms with E-state index in [1.54, 1.807) is 36.1 Å². The van der Waals surface area contributed by atoms with Crippen LogP contribution in [0.25, 0.3) is 0 Å². The van der Waals surface area contributed by atoms with Crippen molar-refractivity contribution >= 4 is 33.3 Å². The standard InChI is InChI=1S/C23H27ClN2O5S/c1-3-31-23(28)25-22(21(27)18-8-4-16(2)5-9-18)26(20-12-13-32(29,30)15-20)14-17-6-10-19(24)11-7-17/h4-11,20,22H,3,12-15H2,1-2H3,(H,25,28)/t20-,22+/m0/s1. The fourth-order valence-electron chi connectivity index (χ4n) is 3.73. The van der Waals surface area contributed by atoms with Crippen molar-refractivity contribution < 1.29 is 22.7 Å². The van der Waals surface area contributed by atoms with Crippen LogP contribution in [0.2, 0.25) is 5.02 Å². The Morgan fingerprint density at radius 2 is 1.81 bits per heavy atom. The van der Waals surface area contributed by atoms with E-state index in [9.17, 15) is 18.0 Å². The summed E-state index contributed by atoms with van der Waals surface area (Å²) in [5.41, 5.74) is 2.25. The zero-order valence-corrected chi connectivity index (χ0v) is 19.7. The molecule has 1 amide bonds. The molecule has 1 fully saturated rings. The van der Waals surface area contributed by atoms with E-state index in [-0.39, 0.29) is 30.4 Å². The second-order valence-electron chi connectivity index (χ2n) is 7.85. The lowest BCUT2D eigenvalue weighted by molar-refractivity contribution is 0.0619. The van der Waals surface area contributed by atoms with Gasteiger partial charge in [-0.1, -0.05) is 53.6 Å². The number of hydrogen-bond donors (Lipinski definition) is 1. The molecule has 3 rings (SSSR count). The molecule has 2 aromatic rings. The largest absolute Gasteiger partial charge is 0.450 e. The van der Waals surface area contributed by atoms with Crippen molar-refractivity contribution in [3.8, 4) is 0 Å². The van der Waals surface area contributed by atoms with Crippen LogP contribution in [-0.4, -0.2) is 55.5 Å². The predicted octanol–water partition coefficient (Wildman–Crippen LogP) is 3.59. The number of ketones is 1. The highest BCUT2D eigenvalue weighted by molar-refractivity contribution is 7.91. The van der Waals surface area contributed by atoms with Gasteiger partial charge in [-0.3, -0.25) is 15.0 Å². The van der Waals surface area contributed by atoms with E-state index >= 15 is 0 Å². The topological polar surface area (TPSA) is 92.8 Å². The molecule has 0 bridgehead atoms. The van der Waals surface area contributed by atoms with Gasteiger partial charge in [0.15, 0.2) is 21.8 Å². The molecule has 1 aliphatic heterocycles. The second kappa shape index (κ2) is 10.5. The summed E-state index contributed by atoms with van der Waals surface area (Å²) >= 11 is 6.00. The minimum absolute atomic E-state index is 0.0413. The maximum Gasteiger partial charge on any atom is 0.408 e. The quantitative estimate of drug-likeness (QED) is 0.460. The molecule has 0 radical (unpaired) electrons. The lowest BCUT2D eigenvalue weighted by Gasteiger charge is -2.35. The van der Waals surface area contributed by atoms with Crippen LogP contribution < -0.4 is 5.32 Å². The minimum atomic E-state index is -3.23. The Kier molecular flexibility index (Phi) is 7.92. The predicted molar refractivity (Wildman–Crippen MR) is 124 cm³/mol. The van der Waals surface area contributed by atoms with E-state index in [1.165, 1.54) is 0 Å². The number of sulfone groups is 1. The van der Waals surface area contributed by atoms with Crippen LogP contribution in [0.1, 0.15) is 34.8 Å². The summed E-state index contributed by atoms with van der Waals surface area (Å²) < 4.78 is 29.5. The summed E-state index contributed by atoms with van der Waals surface area (Å²) in [7, 11) is -3.23. The van der Waals surface area contributed by atoms with Crippen LogP contribution in [-0.2, 0) is 21.1 Å². The van der Waals surface area contributed by atoms with E-state index in [4.69, 9.17) is 16.3 Å². The van der Waals surface area contributed by atoms with Gasteiger partial charge < -0.3 is 4.74 Å². The number of halogens is 1. The normalized spacial score (nSPS) is 18.3. The van der Waals surface area contributed by atoms with Crippen molar-refractivity contribution in [2.45, 2.75) is 39.0 Å². The van der Waals surface area contributed by atoms with E-state index in [2.05, 4.69) is 5.32 Å². The molecule has 7 nitrogen and oxygen atoms in total. The molecule has 0 aromatic heterocycles. The number of ether oxygens (including phenoxy) is 1. The van der Waals surface area contributed by atoms with Gasteiger partial charge in [0.25, 0.3) is 0 Å². The first-order chi connectivity index (χ1) is 15.2.